The normalized spacial score (nSPS) is 13.5. The van der Waals surface area contributed by atoms with E-state index in [0.29, 0.717) is 24.8 Å². The Balaban J connectivity index is 3.60. The number of halogens is 1. The van der Waals surface area contributed by atoms with Gasteiger partial charge in [-0.05, 0) is 44.4 Å². The lowest BCUT2D eigenvalue weighted by molar-refractivity contribution is -0.121. The average molecular weight is 380 g/mol. The first-order valence-corrected chi connectivity index (χ1v) is 10.7. The number of hydrogen-bond donors (Lipinski definition) is 1. The van der Waals surface area contributed by atoms with Crippen LogP contribution in [0.5, 0.6) is 0 Å². The van der Waals surface area contributed by atoms with Gasteiger partial charge in [-0.1, -0.05) is 75.3 Å². The molecule has 0 rings (SSSR count). The topological polar surface area (TPSA) is 29.1 Å². The second-order valence-electron chi connectivity index (χ2n) is 6.56. The molecular weight excluding hydrogens is 342 g/mol. The molecule has 0 aromatic heterocycles. The van der Waals surface area contributed by atoms with Crippen molar-refractivity contribution in [3.63, 3.8) is 0 Å². The molecule has 0 fully saturated rings. The second kappa shape index (κ2) is 20.0. The van der Waals surface area contributed by atoms with Gasteiger partial charge in [0, 0.05) is 18.8 Å². The predicted octanol–water partition coefficient (Wildman–Crippen LogP) is 6.73. The molecule has 0 bridgehead atoms. The molecule has 1 atom stereocenters. The van der Waals surface area contributed by atoms with Crippen LogP contribution in [-0.4, -0.2) is 18.3 Å². The monoisotopic (exact) mass is 379 g/mol. The lowest BCUT2D eigenvalue weighted by Gasteiger charge is -2.00. The van der Waals surface area contributed by atoms with Crippen molar-refractivity contribution in [1.82, 2.24) is 5.32 Å². The third-order valence-electron chi connectivity index (χ3n) is 3.92. The van der Waals surface area contributed by atoms with Crippen LogP contribution in [0.1, 0.15) is 71.6 Å². The number of carbonyl (C=O) groups excluding carboxylic acids is 1. The Labute approximate surface area is 166 Å². The lowest BCUT2D eigenvalue weighted by atomic mass is 10.1. The largest absolute Gasteiger partial charge is 0.355 e. The van der Waals surface area contributed by atoms with Gasteiger partial charge >= 0.3 is 0 Å². The van der Waals surface area contributed by atoms with E-state index in [1.807, 2.05) is 0 Å². The van der Waals surface area contributed by atoms with E-state index in [-0.39, 0.29) is 5.91 Å². The summed E-state index contributed by atoms with van der Waals surface area (Å²) in [7, 11) is 0. The Morgan fingerprint density at radius 2 is 1.58 bits per heavy atom. The number of hydrogen-bond acceptors (Lipinski definition) is 1. The van der Waals surface area contributed by atoms with E-state index in [2.05, 4.69) is 67.8 Å². The molecule has 1 amide bonds. The van der Waals surface area contributed by atoms with Crippen LogP contribution in [0.4, 0.5) is 0 Å². The minimum Gasteiger partial charge on any atom is -0.355 e. The minimum absolute atomic E-state index is 0.0933. The molecule has 0 saturated heterocycles. The smallest absolute Gasteiger partial charge is 0.220 e. The van der Waals surface area contributed by atoms with Crippen molar-refractivity contribution in [3.05, 3.63) is 48.6 Å². The summed E-state index contributed by atoms with van der Waals surface area (Å²) in [6.07, 6.45) is 27.3. The van der Waals surface area contributed by atoms with Crippen molar-refractivity contribution in [2.24, 2.45) is 5.92 Å². The molecule has 148 valence electrons. The van der Waals surface area contributed by atoms with E-state index < -0.39 is 0 Å². The zero-order valence-electron chi connectivity index (χ0n) is 16.8. The fourth-order valence-electron chi connectivity index (χ4n) is 2.40. The molecule has 0 heterocycles. The number of amides is 1. The number of carbonyl (C=O) groups is 1. The highest BCUT2D eigenvalue weighted by Gasteiger charge is 1.97. The molecule has 1 N–H and O–H groups in total. The molecule has 0 aliphatic carbocycles. The summed E-state index contributed by atoms with van der Waals surface area (Å²) in [6, 6.07) is 0. The lowest BCUT2D eigenvalue weighted by Crippen LogP contribution is -2.24. The maximum atomic E-state index is 11.4. The molecule has 3 heteroatoms. The Bertz CT molecular complexity index is 437. The molecule has 0 unspecified atom stereocenters. The fourth-order valence-corrected chi connectivity index (χ4v) is 2.49. The predicted molar refractivity (Wildman–Crippen MR) is 117 cm³/mol. The van der Waals surface area contributed by atoms with Gasteiger partial charge in [0.25, 0.3) is 0 Å². The van der Waals surface area contributed by atoms with Gasteiger partial charge in [-0.2, -0.15) is 0 Å². The van der Waals surface area contributed by atoms with Crippen LogP contribution in [-0.2, 0) is 4.79 Å². The quantitative estimate of drug-likeness (QED) is 0.180. The van der Waals surface area contributed by atoms with Crippen LogP contribution in [0, 0.1) is 5.92 Å². The van der Waals surface area contributed by atoms with E-state index in [1.54, 1.807) is 0 Å². The van der Waals surface area contributed by atoms with Gasteiger partial charge in [-0.25, -0.2) is 0 Å². The van der Waals surface area contributed by atoms with Crippen LogP contribution >= 0.6 is 11.6 Å². The van der Waals surface area contributed by atoms with Crippen molar-refractivity contribution in [2.75, 3.05) is 12.4 Å². The third-order valence-corrected chi connectivity index (χ3v) is 4.11. The molecule has 0 aliphatic heterocycles. The Hall–Kier alpha value is -1.28. The highest BCUT2D eigenvalue weighted by Crippen LogP contribution is 2.05. The average Bonchev–Trinajstić information content (AvgIpc) is 2.64. The highest BCUT2D eigenvalue weighted by atomic mass is 35.5. The third kappa shape index (κ3) is 19.1. The van der Waals surface area contributed by atoms with Gasteiger partial charge in [-0.15, -0.1) is 11.6 Å². The van der Waals surface area contributed by atoms with E-state index in [1.165, 1.54) is 25.7 Å². The molecule has 0 aliphatic rings. The maximum absolute atomic E-state index is 11.4. The standard InChI is InChI=1S/C23H38ClNO/c1-3-4-5-11-14-17-22(2)18-15-12-9-7-6-8-10-13-16-19-23(26)25-21-20-24/h7-10,14-15,17-18,22H,3-6,11-13,16,19-21H2,1-2H3,(H,25,26)/b9-7-,10-8-,17-14-,18-15-/t22-/m0/s1. The van der Waals surface area contributed by atoms with Crippen LogP contribution in [0.2, 0.25) is 0 Å². The minimum atomic E-state index is 0.0933. The number of rotatable bonds is 16. The number of alkyl halides is 1. The first kappa shape index (κ1) is 24.7. The molecule has 0 radical (unpaired) electrons. The summed E-state index contributed by atoms with van der Waals surface area (Å²) >= 11 is 5.52. The van der Waals surface area contributed by atoms with Gasteiger partial charge in [-0.3, -0.25) is 4.79 Å². The molecular formula is C23H38ClNO. The summed E-state index contributed by atoms with van der Waals surface area (Å²) in [5.41, 5.74) is 0. The van der Waals surface area contributed by atoms with Gasteiger partial charge in [0.1, 0.15) is 0 Å². The summed E-state index contributed by atoms with van der Waals surface area (Å²) in [6.45, 7) is 5.03. The van der Waals surface area contributed by atoms with Gasteiger partial charge in [0.05, 0.1) is 0 Å². The van der Waals surface area contributed by atoms with Crippen molar-refractivity contribution >= 4 is 17.5 Å². The molecule has 0 aromatic rings. The number of nitrogens with one attached hydrogen (secondary N) is 1. The maximum Gasteiger partial charge on any atom is 0.220 e. The number of allylic oxidation sites excluding steroid dienone is 8. The van der Waals surface area contributed by atoms with E-state index in [9.17, 15) is 4.79 Å². The summed E-state index contributed by atoms with van der Waals surface area (Å²) in [4.78, 5) is 11.4. The first-order chi connectivity index (χ1) is 12.7. The van der Waals surface area contributed by atoms with Gasteiger partial charge in [0.15, 0.2) is 0 Å². The number of unbranched alkanes of at least 4 members (excludes halogenated alkanes) is 4. The summed E-state index contributed by atoms with van der Waals surface area (Å²) in [5.74, 6) is 1.09. The Kier molecular flexibility index (Phi) is 19.1. The van der Waals surface area contributed by atoms with Crippen molar-refractivity contribution in [3.8, 4) is 0 Å². The first-order valence-electron chi connectivity index (χ1n) is 10.2. The summed E-state index contributed by atoms with van der Waals surface area (Å²) < 4.78 is 0. The highest BCUT2D eigenvalue weighted by molar-refractivity contribution is 6.18. The van der Waals surface area contributed by atoms with Crippen molar-refractivity contribution < 1.29 is 4.79 Å². The van der Waals surface area contributed by atoms with Crippen LogP contribution in [0.3, 0.4) is 0 Å². The van der Waals surface area contributed by atoms with Crippen molar-refractivity contribution in [1.29, 1.82) is 0 Å². The van der Waals surface area contributed by atoms with Crippen LogP contribution in [0.25, 0.3) is 0 Å². The molecule has 0 aromatic carbocycles. The second-order valence-corrected chi connectivity index (χ2v) is 6.93. The Morgan fingerprint density at radius 3 is 2.31 bits per heavy atom. The summed E-state index contributed by atoms with van der Waals surface area (Å²) in [5, 5.41) is 2.77. The zero-order chi connectivity index (χ0) is 19.3. The SMILES string of the molecule is CCCCC/C=C\[C@H](C)/C=C\C/C=C\C/C=C\CCCC(=O)NCCCl. The van der Waals surface area contributed by atoms with E-state index in [0.717, 1.165) is 25.7 Å². The van der Waals surface area contributed by atoms with Crippen LogP contribution < -0.4 is 5.32 Å². The molecule has 0 saturated carbocycles. The Morgan fingerprint density at radius 1 is 0.923 bits per heavy atom. The molecule has 26 heavy (non-hydrogen) atoms. The fraction of sp³-hybridized carbons (Fsp3) is 0.609. The van der Waals surface area contributed by atoms with E-state index in [4.69, 9.17) is 11.6 Å². The van der Waals surface area contributed by atoms with Gasteiger partial charge < -0.3 is 5.32 Å². The zero-order valence-corrected chi connectivity index (χ0v) is 17.5. The van der Waals surface area contributed by atoms with Gasteiger partial charge in [0.2, 0.25) is 5.91 Å². The van der Waals surface area contributed by atoms with E-state index >= 15 is 0 Å². The molecule has 2 nitrogen and oxygen atoms in total. The van der Waals surface area contributed by atoms with Crippen LogP contribution in [0.15, 0.2) is 48.6 Å². The molecule has 0 spiro atoms. The van der Waals surface area contributed by atoms with Crippen molar-refractivity contribution in [2.45, 2.75) is 71.6 Å².